The van der Waals surface area contributed by atoms with Crippen molar-refractivity contribution in [3.05, 3.63) is 59.9 Å². The summed E-state index contributed by atoms with van der Waals surface area (Å²) >= 11 is 0. The Bertz CT molecular complexity index is 692. The van der Waals surface area contributed by atoms with Crippen molar-refractivity contribution in [2.45, 2.75) is 32.4 Å². The van der Waals surface area contributed by atoms with E-state index in [0.717, 1.165) is 11.7 Å². The first-order chi connectivity index (χ1) is 12.3. The average molecular weight is 337 g/mol. The summed E-state index contributed by atoms with van der Waals surface area (Å²) in [5.41, 5.74) is 3.58. The number of benzene rings is 1. The summed E-state index contributed by atoms with van der Waals surface area (Å²) in [6, 6.07) is 14.9. The maximum Gasteiger partial charge on any atom is 0.191 e. The Labute approximate surface area is 150 Å². The van der Waals surface area contributed by atoms with Gasteiger partial charge in [0.1, 0.15) is 0 Å². The maximum absolute atomic E-state index is 4.33. The van der Waals surface area contributed by atoms with E-state index in [1.54, 1.807) is 13.2 Å². The number of hydrogen-bond acceptors (Lipinski definition) is 3. The summed E-state index contributed by atoms with van der Waals surface area (Å²) in [7, 11) is 1.79. The monoisotopic (exact) mass is 337 g/mol. The lowest BCUT2D eigenvalue weighted by molar-refractivity contribution is 0.682. The summed E-state index contributed by atoms with van der Waals surface area (Å²) in [5, 5.41) is 6.79. The van der Waals surface area contributed by atoms with Gasteiger partial charge in [-0.1, -0.05) is 18.2 Å². The molecule has 5 heteroatoms. The molecule has 0 bridgehead atoms. The topological polar surface area (TPSA) is 52.6 Å². The highest BCUT2D eigenvalue weighted by Crippen LogP contribution is 2.23. The van der Waals surface area contributed by atoms with Gasteiger partial charge in [0.25, 0.3) is 0 Å². The van der Waals surface area contributed by atoms with Gasteiger partial charge in [0.15, 0.2) is 5.96 Å². The fourth-order valence-corrected chi connectivity index (χ4v) is 3.13. The number of hydrogen-bond donors (Lipinski definition) is 2. The largest absolute Gasteiger partial charge is 0.372 e. The quantitative estimate of drug-likeness (QED) is 0.650. The lowest BCUT2D eigenvalue weighted by atomic mass is 10.1. The van der Waals surface area contributed by atoms with Crippen molar-refractivity contribution in [2.24, 2.45) is 4.99 Å². The molecule has 3 rings (SSSR count). The molecule has 1 atom stereocenters. The van der Waals surface area contributed by atoms with E-state index in [-0.39, 0.29) is 6.04 Å². The number of anilines is 1. The molecule has 0 aliphatic carbocycles. The van der Waals surface area contributed by atoms with Crippen molar-refractivity contribution >= 4 is 11.6 Å². The number of rotatable bonds is 5. The number of nitrogens with one attached hydrogen (secondary N) is 2. The normalized spacial score (nSPS) is 15.9. The van der Waals surface area contributed by atoms with Crippen molar-refractivity contribution in [3.63, 3.8) is 0 Å². The molecule has 5 nitrogen and oxygen atoms in total. The molecule has 25 heavy (non-hydrogen) atoms. The highest BCUT2D eigenvalue weighted by Gasteiger charge is 2.14. The zero-order chi connectivity index (χ0) is 17.5. The Hall–Kier alpha value is -2.56. The van der Waals surface area contributed by atoms with Gasteiger partial charge in [-0.25, -0.2) is 0 Å². The molecule has 1 fully saturated rings. The van der Waals surface area contributed by atoms with Crippen LogP contribution in [0, 0.1) is 0 Å². The Balaban J connectivity index is 1.60. The van der Waals surface area contributed by atoms with E-state index >= 15 is 0 Å². The Morgan fingerprint density at radius 1 is 1.20 bits per heavy atom. The van der Waals surface area contributed by atoms with Crippen LogP contribution in [0.15, 0.2) is 53.7 Å². The zero-order valence-corrected chi connectivity index (χ0v) is 15.1. The fourth-order valence-electron chi connectivity index (χ4n) is 3.13. The lowest BCUT2D eigenvalue weighted by Gasteiger charge is -2.22. The minimum Gasteiger partial charge on any atom is -0.372 e. The van der Waals surface area contributed by atoms with E-state index in [4.69, 9.17) is 0 Å². The maximum atomic E-state index is 4.33. The first kappa shape index (κ1) is 17.3. The van der Waals surface area contributed by atoms with E-state index in [0.29, 0.717) is 6.54 Å². The van der Waals surface area contributed by atoms with Gasteiger partial charge in [-0.3, -0.25) is 9.98 Å². The summed E-state index contributed by atoms with van der Waals surface area (Å²) in [5.74, 6) is 0.782. The minimum atomic E-state index is 0.178. The Morgan fingerprint density at radius 2 is 2.04 bits per heavy atom. The second-order valence-corrected chi connectivity index (χ2v) is 6.40. The first-order valence-electron chi connectivity index (χ1n) is 8.98. The van der Waals surface area contributed by atoms with Gasteiger partial charge < -0.3 is 15.5 Å². The van der Waals surface area contributed by atoms with Gasteiger partial charge in [0.2, 0.25) is 0 Å². The molecule has 2 N–H and O–H groups in total. The summed E-state index contributed by atoms with van der Waals surface area (Å²) < 4.78 is 0. The molecular weight excluding hydrogens is 310 g/mol. The van der Waals surface area contributed by atoms with Crippen LogP contribution in [0.5, 0.6) is 0 Å². The molecule has 0 spiro atoms. The van der Waals surface area contributed by atoms with Crippen molar-refractivity contribution in [1.82, 2.24) is 15.6 Å². The fraction of sp³-hybridized carbons (Fsp3) is 0.400. The summed E-state index contributed by atoms with van der Waals surface area (Å²) in [6.45, 7) is 5.15. The van der Waals surface area contributed by atoms with Crippen molar-refractivity contribution in [2.75, 3.05) is 25.0 Å². The van der Waals surface area contributed by atoms with Crippen LogP contribution in [0.2, 0.25) is 0 Å². The molecule has 1 unspecified atom stereocenters. The Kier molecular flexibility index (Phi) is 5.88. The van der Waals surface area contributed by atoms with Gasteiger partial charge >= 0.3 is 0 Å². The molecule has 132 valence electrons. The van der Waals surface area contributed by atoms with E-state index in [9.17, 15) is 0 Å². The standard InChI is InChI=1S/C20H27N5/c1-16(17-8-7-10-19(14-17)25-12-5-6-13-25)24-20(21-2)23-15-18-9-3-4-11-22-18/h3-4,7-11,14,16H,5-6,12-13,15H2,1-2H3,(H2,21,23,24). The number of guanidine groups is 1. The van der Waals surface area contributed by atoms with Crippen LogP contribution in [0.1, 0.15) is 37.1 Å². The van der Waals surface area contributed by atoms with E-state index in [1.165, 1.54) is 37.2 Å². The highest BCUT2D eigenvalue weighted by atomic mass is 15.2. The first-order valence-corrected chi connectivity index (χ1v) is 8.98. The molecule has 2 aromatic rings. The molecular formula is C20H27N5. The van der Waals surface area contributed by atoms with Gasteiger partial charge in [-0.2, -0.15) is 0 Å². The van der Waals surface area contributed by atoms with Gasteiger partial charge in [0, 0.05) is 32.0 Å². The third-order valence-electron chi connectivity index (χ3n) is 4.58. The third kappa shape index (κ3) is 4.72. The molecule has 0 radical (unpaired) electrons. The van der Waals surface area contributed by atoms with E-state index < -0.39 is 0 Å². The number of aliphatic imine (C=N–C) groups is 1. The number of aromatic nitrogens is 1. The van der Waals surface area contributed by atoms with E-state index in [2.05, 4.69) is 56.7 Å². The summed E-state index contributed by atoms with van der Waals surface area (Å²) in [6.07, 6.45) is 4.39. The molecule has 1 aliphatic heterocycles. The van der Waals surface area contributed by atoms with E-state index in [1.807, 2.05) is 18.2 Å². The summed E-state index contributed by atoms with van der Waals surface area (Å²) in [4.78, 5) is 11.1. The molecule has 1 aromatic carbocycles. The average Bonchev–Trinajstić information content (AvgIpc) is 3.20. The highest BCUT2D eigenvalue weighted by molar-refractivity contribution is 5.80. The molecule has 1 aromatic heterocycles. The molecule has 1 aliphatic rings. The van der Waals surface area contributed by atoms with Crippen LogP contribution >= 0.6 is 0 Å². The van der Waals surface area contributed by atoms with Crippen LogP contribution in [0.25, 0.3) is 0 Å². The second kappa shape index (κ2) is 8.51. The van der Waals surface area contributed by atoms with Crippen LogP contribution in [-0.2, 0) is 6.54 Å². The van der Waals surface area contributed by atoms with Crippen LogP contribution < -0.4 is 15.5 Å². The molecule has 0 amide bonds. The van der Waals surface area contributed by atoms with Crippen molar-refractivity contribution in [3.8, 4) is 0 Å². The van der Waals surface area contributed by atoms with Gasteiger partial charge in [0.05, 0.1) is 18.3 Å². The molecule has 1 saturated heterocycles. The molecule has 2 heterocycles. The zero-order valence-electron chi connectivity index (χ0n) is 15.1. The van der Waals surface area contributed by atoms with Gasteiger partial charge in [-0.15, -0.1) is 0 Å². The molecule has 0 saturated carbocycles. The smallest absolute Gasteiger partial charge is 0.191 e. The number of nitrogens with zero attached hydrogens (tertiary/aromatic N) is 3. The second-order valence-electron chi connectivity index (χ2n) is 6.40. The van der Waals surface area contributed by atoms with Gasteiger partial charge in [-0.05, 0) is 49.6 Å². The number of pyridine rings is 1. The predicted molar refractivity (Wildman–Crippen MR) is 104 cm³/mol. The predicted octanol–water partition coefficient (Wildman–Crippen LogP) is 3.11. The van der Waals surface area contributed by atoms with Crippen LogP contribution in [-0.4, -0.2) is 31.1 Å². The van der Waals surface area contributed by atoms with Crippen molar-refractivity contribution < 1.29 is 0 Å². The van der Waals surface area contributed by atoms with Crippen LogP contribution in [0.3, 0.4) is 0 Å². The van der Waals surface area contributed by atoms with Crippen LogP contribution in [0.4, 0.5) is 5.69 Å². The minimum absolute atomic E-state index is 0.178. The Morgan fingerprint density at radius 3 is 2.76 bits per heavy atom. The van der Waals surface area contributed by atoms with Crippen molar-refractivity contribution in [1.29, 1.82) is 0 Å². The lowest BCUT2D eigenvalue weighted by Crippen LogP contribution is -2.38. The third-order valence-corrected chi connectivity index (χ3v) is 4.58. The SMILES string of the molecule is CN=C(NCc1ccccn1)NC(C)c1cccc(N2CCCC2)c1.